The quantitative estimate of drug-likeness (QED) is 0.367. The van der Waals surface area contributed by atoms with Crippen LogP contribution in [0.3, 0.4) is 0 Å². The number of fused-ring (bicyclic) bond motifs is 2. The van der Waals surface area contributed by atoms with Gasteiger partial charge in [-0.15, -0.1) is 0 Å². The van der Waals surface area contributed by atoms with E-state index in [0.29, 0.717) is 24.1 Å². The van der Waals surface area contributed by atoms with Crippen molar-refractivity contribution in [3.8, 4) is 6.07 Å². The second kappa shape index (κ2) is 9.37. The van der Waals surface area contributed by atoms with Gasteiger partial charge in [0.2, 0.25) is 0 Å². The third-order valence-electron chi connectivity index (χ3n) is 6.07. The van der Waals surface area contributed by atoms with E-state index >= 15 is 0 Å². The molecule has 0 aliphatic rings. The summed E-state index contributed by atoms with van der Waals surface area (Å²) in [7, 11) is 0. The van der Waals surface area contributed by atoms with E-state index in [1.54, 1.807) is 16.1 Å². The van der Waals surface area contributed by atoms with Crippen molar-refractivity contribution in [3.05, 3.63) is 76.5 Å². The van der Waals surface area contributed by atoms with Crippen LogP contribution in [0, 0.1) is 18.3 Å². The highest BCUT2D eigenvalue weighted by Gasteiger charge is 2.28. The first-order chi connectivity index (χ1) is 16.0. The van der Waals surface area contributed by atoms with Crippen LogP contribution in [-0.2, 0) is 9.53 Å². The number of carbonyl (C=O) groups excluding carboxylic acids is 1. The van der Waals surface area contributed by atoms with Gasteiger partial charge in [0.1, 0.15) is 0 Å². The molecule has 0 saturated heterocycles. The number of nitriles is 1. The lowest BCUT2D eigenvalue weighted by Gasteiger charge is -2.17. The number of hydrogen-bond donors (Lipinski definition) is 0. The van der Waals surface area contributed by atoms with Crippen LogP contribution < -0.4 is 5.69 Å². The maximum Gasteiger partial charge on any atom is 0.330 e. The highest BCUT2D eigenvalue weighted by Crippen LogP contribution is 2.29. The zero-order valence-electron chi connectivity index (χ0n) is 19.2. The first kappa shape index (κ1) is 22.4. The fourth-order valence-corrected chi connectivity index (χ4v) is 4.70. The number of benzene rings is 1. The number of hydrogen-bond acceptors (Lipinski definition) is 4. The summed E-state index contributed by atoms with van der Waals surface area (Å²) in [6, 6.07) is 18.4. The largest absolute Gasteiger partial charge is 0.466 e. The van der Waals surface area contributed by atoms with Crippen LogP contribution in [0.25, 0.3) is 16.6 Å². The lowest BCUT2D eigenvalue weighted by atomic mass is 10.1. The number of imidazole rings is 1. The fraction of sp³-hybridized carbons (Fsp3) is 0.346. The van der Waals surface area contributed by atoms with E-state index in [2.05, 4.69) is 6.07 Å². The third kappa shape index (κ3) is 3.93. The summed E-state index contributed by atoms with van der Waals surface area (Å²) in [6.07, 6.45) is 1.57. The number of esters is 1. The second-order valence-corrected chi connectivity index (χ2v) is 8.18. The van der Waals surface area contributed by atoms with Crippen LogP contribution in [0.1, 0.15) is 56.6 Å². The van der Waals surface area contributed by atoms with Gasteiger partial charge in [0.25, 0.3) is 0 Å². The topological polar surface area (TPSA) is 81.4 Å². The molecular weight excluding hydrogens is 416 g/mol. The molecule has 7 nitrogen and oxygen atoms in total. The monoisotopic (exact) mass is 444 g/mol. The van der Waals surface area contributed by atoms with Crippen molar-refractivity contribution >= 4 is 22.5 Å². The molecule has 0 N–H and O–H groups in total. The molecule has 0 bridgehead atoms. The standard InChI is InChI=1S/C26H28N4O3/c1-4-9-20(16-25(31)33-5-2)29-21-12-6-7-13-22(21)30(26(29)32)24(17-27)23-15-14-19-11-8-10-18(3)28(19)23/h6-8,10-15,20,24H,4-5,9,16H2,1-3H3. The maximum atomic E-state index is 13.9. The number of rotatable bonds is 8. The number of pyridine rings is 1. The average molecular weight is 445 g/mol. The van der Waals surface area contributed by atoms with E-state index in [-0.39, 0.29) is 24.1 Å². The first-order valence-corrected chi connectivity index (χ1v) is 11.3. The molecule has 3 heterocycles. The predicted octanol–water partition coefficient (Wildman–Crippen LogP) is 4.77. The summed E-state index contributed by atoms with van der Waals surface area (Å²) in [5.74, 6) is -0.329. The third-order valence-corrected chi connectivity index (χ3v) is 6.07. The Morgan fingerprint density at radius 3 is 2.42 bits per heavy atom. The predicted molar refractivity (Wildman–Crippen MR) is 127 cm³/mol. The van der Waals surface area contributed by atoms with Crippen molar-refractivity contribution in [1.29, 1.82) is 5.26 Å². The fourth-order valence-electron chi connectivity index (χ4n) is 4.70. The average Bonchev–Trinajstić information content (AvgIpc) is 3.35. The van der Waals surface area contributed by atoms with Gasteiger partial charge in [0.15, 0.2) is 6.04 Å². The number of aryl methyl sites for hydroxylation is 1. The van der Waals surface area contributed by atoms with E-state index in [9.17, 15) is 14.9 Å². The zero-order chi connectivity index (χ0) is 23.5. The SMILES string of the molecule is CCCC(CC(=O)OCC)n1c(=O)n(C(C#N)c2ccc3cccc(C)n23)c2ccccc21. The van der Waals surface area contributed by atoms with E-state index in [4.69, 9.17) is 4.74 Å². The maximum absolute atomic E-state index is 13.9. The molecule has 33 heavy (non-hydrogen) atoms. The van der Waals surface area contributed by atoms with Crippen molar-refractivity contribution < 1.29 is 9.53 Å². The molecule has 4 aromatic rings. The Kier molecular flexibility index (Phi) is 6.36. The molecule has 0 aliphatic carbocycles. The molecule has 170 valence electrons. The molecule has 3 aromatic heterocycles. The van der Waals surface area contributed by atoms with Crippen LogP contribution in [-0.4, -0.2) is 26.1 Å². The Morgan fingerprint density at radius 2 is 1.76 bits per heavy atom. The Morgan fingerprint density at radius 1 is 1.03 bits per heavy atom. The molecule has 2 unspecified atom stereocenters. The number of ether oxygens (including phenoxy) is 1. The second-order valence-electron chi connectivity index (χ2n) is 8.18. The van der Waals surface area contributed by atoms with Gasteiger partial charge in [-0.3, -0.25) is 13.9 Å². The van der Waals surface area contributed by atoms with Crippen LogP contribution >= 0.6 is 0 Å². The van der Waals surface area contributed by atoms with Crippen LogP contribution in [0.15, 0.2) is 59.4 Å². The Labute approximate surface area is 192 Å². The van der Waals surface area contributed by atoms with Gasteiger partial charge < -0.3 is 9.14 Å². The molecule has 0 spiro atoms. The first-order valence-electron chi connectivity index (χ1n) is 11.3. The summed E-state index contributed by atoms with van der Waals surface area (Å²) in [4.78, 5) is 26.2. The van der Waals surface area contributed by atoms with E-state index < -0.39 is 6.04 Å². The smallest absolute Gasteiger partial charge is 0.330 e. The lowest BCUT2D eigenvalue weighted by molar-refractivity contribution is -0.144. The molecule has 0 amide bonds. The molecule has 0 radical (unpaired) electrons. The number of carbonyl (C=O) groups is 1. The molecule has 2 atom stereocenters. The van der Waals surface area contributed by atoms with Crippen molar-refractivity contribution in [2.45, 2.75) is 52.1 Å². The normalized spacial score (nSPS) is 13.2. The van der Waals surface area contributed by atoms with Crippen LogP contribution in [0.2, 0.25) is 0 Å². The van der Waals surface area contributed by atoms with Gasteiger partial charge in [-0.05, 0) is 56.7 Å². The molecule has 0 aliphatic heterocycles. The Bertz CT molecular complexity index is 1400. The van der Waals surface area contributed by atoms with Gasteiger partial charge >= 0.3 is 11.7 Å². The van der Waals surface area contributed by atoms with Crippen LogP contribution in [0.5, 0.6) is 0 Å². The van der Waals surface area contributed by atoms with Crippen molar-refractivity contribution in [2.24, 2.45) is 0 Å². The molecule has 0 saturated carbocycles. The highest BCUT2D eigenvalue weighted by molar-refractivity contribution is 5.77. The van der Waals surface area contributed by atoms with E-state index in [1.165, 1.54) is 0 Å². The van der Waals surface area contributed by atoms with Crippen molar-refractivity contribution in [1.82, 2.24) is 13.5 Å². The van der Waals surface area contributed by atoms with E-state index in [0.717, 1.165) is 23.3 Å². The van der Waals surface area contributed by atoms with Gasteiger partial charge in [0, 0.05) is 17.3 Å². The molecule has 1 aromatic carbocycles. The van der Waals surface area contributed by atoms with E-state index in [1.807, 2.05) is 72.8 Å². The summed E-state index contributed by atoms with van der Waals surface area (Å²) in [5.41, 5.74) is 3.76. The molecule has 0 fully saturated rings. The summed E-state index contributed by atoms with van der Waals surface area (Å²) in [5, 5.41) is 10.2. The minimum absolute atomic E-state index is 0.111. The molecule has 4 rings (SSSR count). The van der Waals surface area contributed by atoms with Gasteiger partial charge in [-0.2, -0.15) is 5.26 Å². The lowest BCUT2D eigenvalue weighted by Crippen LogP contribution is -2.31. The van der Waals surface area contributed by atoms with Crippen molar-refractivity contribution in [3.63, 3.8) is 0 Å². The summed E-state index contributed by atoms with van der Waals surface area (Å²) < 4.78 is 10.4. The minimum atomic E-state index is -0.822. The number of nitrogens with zero attached hydrogens (tertiary/aromatic N) is 4. The van der Waals surface area contributed by atoms with Crippen LogP contribution in [0.4, 0.5) is 0 Å². The summed E-state index contributed by atoms with van der Waals surface area (Å²) in [6.45, 7) is 6.07. The van der Waals surface area contributed by atoms with Gasteiger partial charge in [-0.1, -0.05) is 31.5 Å². The molecular formula is C26H28N4O3. The highest BCUT2D eigenvalue weighted by atomic mass is 16.5. The number of aromatic nitrogens is 3. The Balaban J connectivity index is 1.93. The molecule has 7 heteroatoms. The Hall–Kier alpha value is -3.79. The van der Waals surface area contributed by atoms with Gasteiger partial charge in [0.05, 0.1) is 35.8 Å². The van der Waals surface area contributed by atoms with Gasteiger partial charge in [-0.25, -0.2) is 4.79 Å². The summed E-state index contributed by atoms with van der Waals surface area (Å²) >= 11 is 0. The zero-order valence-corrected chi connectivity index (χ0v) is 19.2. The number of para-hydroxylation sites is 2. The van der Waals surface area contributed by atoms with Crippen molar-refractivity contribution in [2.75, 3.05) is 6.61 Å². The minimum Gasteiger partial charge on any atom is -0.466 e.